The van der Waals surface area contributed by atoms with Gasteiger partial charge in [-0.05, 0) is 0 Å². The highest BCUT2D eigenvalue weighted by molar-refractivity contribution is 7.31. The monoisotopic (exact) mass is 475 g/mol. The van der Waals surface area contributed by atoms with Crippen LogP contribution in [0.2, 0.25) is 0 Å². The predicted octanol–water partition coefficient (Wildman–Crippen LogP) is 0.0925. The van der Waals surface area contributed by atoms with Crippen molar-refractivity contribution in [1.82, 2.24) is 0 Å². The van der Waals surface area contributed by atoms with Crippen LogP contribution in [0.4, 0.5) is 0 Å². The molecule has 1 fully saturated rings. The minimum absolute atomic E-state index is 1.50. The molecule has 0 atom stereocenters. The zero-order valence-electron chi connectivity index (χ0n) is 12.3. The van der Waals surface area contributed by atoms with Crippen LogP contribution in [0.25, 0.3) is 0 Å². The van der Waals surface area contributed by atoms with E-state index in [9.17, 15) is 0 Å². The Balaban J connectivity index is -0.0000000643. The van der Waals surface area contributed by atoms with Crippen LogP contribution in [-0.2, 0) is 22.8 Å². The summed E-state index contributed by atoms with van der Waals surface area (Å²) in [4.78, 5) is 71.2. The Morgan fingerprint density at radius 1 is 0.320 bits per heavy atom. The SMILES string of the molecule is C1CCCC1.O=[P+](O)O.O=[P+](O)O.O=[P+](O)O.O=[P+](O)O.O=[P+](O)O. The molecule has 0 saturated heterocycles. The summed E-state index contributed by atoms with van der Waals surface area (Å²) in [6.07, 6.45) is 7.50. The van der Waals surface area contributed by atoms with E-state index in [4.69, 9.17) is 71.8 Å². The Labute approximate surface area is 146 Å². The summed E-state index contributed by atoms with van der Waals surface area (Å²) < 4.78 is 43.5. The Morgan fingerprint density at radius 2 is 0.360 bits per heavy atom. The fourth-order valence-corrected chi connectivity index (χ4v) is 0.884. The fraction of sp³-hybridized carbons (Fsp3) is 1.00. The van der Waals surface area contributed by atoms with E-state index in [2.05, 4.69) is 0 Å². The zero-order chi connectivity index (χ0) is 21.4. The molecule has 0 aromatic carbocycles. The van der Waals surface area contributed by atoms with Crippen molar-refractivity contribution in [3.63, 3.8) is 0 Å². The van der Waals surface area contributed by atoms with Gasteiger partial charge in [0.25, 0.3) is 0 Å². The molecule has 0 radical (unpaired) electrons. The molecule has 150 valence electrons. The summed E-state index contributed by atoms with van der Waals surface area (Å²) in [5.74, 6) is 0. The van der Waals surface area contributed by atoms with Crippen LogP contribution in [0.3, 0.4) is 0 Å². The van der Waals surface area contributed by atoms with E-state index >= 15 is 0 Å². The molecule has 0 heterocycles. The maximum absolute atomic E-state index is 8.70. The maximum atomic E-state index is 8.70. The van der Waals surface area contributed by atoms with Gasteiger partial charge in [-0.3, -0.25) is 0 Å². The minimum Gasteiger partial charge on any atom is -0.134 e. The van der Waals surface area contributed by atoms with Crippen molar-refractivity contribution in [2.45, 2.75) is 32.1 Å². The van der Waals surface area contributed by atoms with E-state index in [1.54, 1.807) is 0 Å². The smallest absolute Gasteiger partial charge is 0.134 e. The van der Waals surface area contributed by atoms with Gasteiger partial charge in [0.15, 0.2) is 0 Å². The quantitative estimate of drug-likeness (QED) is 0.208. The number of rotatable bonds is 0. The first-order chi connectivity index (χ1) is 11.2. The molecule has 1 aliphatic carbocycles. The van der Waals surface area contributed by atoms with Gasteiger partial charge in [0, 0.05) is 22.8 Å². The third-order valence-corrected chi connectivity index (χ3v) is 1.25. The molecule has 20 heteroatoms. The van der Waals surface area contributed by atoms with Crippen molar-refractivity contribution >= 4 is 41.3 Å². The van der Waals surface area contributed by atoms with Crippen LogP contribution in [0.5, 0.6) is 0 Å². The highest BCUT2D eigenvalue weighted by Crippen LogP contribution is 2.15. The summed E-state index contributed by atoms with van der Waals surface area (Å²) in [5, 5.41) is 0. The van der Waals surface area contributed by atoms with Crippen molar-refractivity contribution in [1.29, 1.82) is 0 Å². The Morgan fingerprint density at radius 3 is 0.400 bits per heavy atom. The van der Waals surface area contributed by atoms with Crippen molar-refractivity contribution in [2.75, 3.05) is 0 Å². The standard InChI is InChI=1S/C5H10.5HO3P/c1-2-4-5-3-1;5*1-4(2)3/h1-5H2;5*(H-,1,2,3)/p+5. The Bertz CT molecular complexity index is 272. The molecular formula is C5H20O15P5+5. The van der Waals surface area contributed by atoms with Crippen LogP contribution in [0.15, 0.2) is 0 Å². The molecule has 0 spiro atoms. The lowest BCUT2D eigenvalue weighted by atomic mass is 10.4. The van der Waals surface area contributed by atoms with Gasteiger partial charge >= 0.3 is 41.3 Å². The van der Waals surface area contributed by atoms with E-state index < -0.39 is 41.3 Å². The average Bonchev–Trinajstić information content (AvgIpc) is 2.80. The van der Waals surface area contributed by atoms with E-state index in [1.807, 2.05) is 0 Å². The maximum Gasteiger partial charge on any atom is 0.692 e. The average molecular weight is 475 g/mol. The topological polar surface area (TPSA) is 288 Å². The molecule has 15 nitrogen and oxygen atoms in total. The predicted molar refractivity (Wildman–Crippen MR) is 83.3 cm³/mol. The fourth-order valence-electron chi connectivity index (χ4n) is 0.884. The molecule has 0 bridgehead atoms. The first-order valence-electron chi connectivity index (χ1n) is 5.41. The van der Waals surface area contributed by atoms with Gasteiger partial charge in [-0.2, -0.15) is 0 Å². The van der Waals surface area contributed by atoms with Gasteiger partial charge in [0.05, 0.1) is 0 Å². The lowest BCUT2D eigenvalue weighted by Gasteiger charge is -1.67. The first-order valence-corrected chi connectivity index (χ1v) is 11.2. The molecule has 0 amide bonds. The summed E-state index contributed by atoms with van der Waals surface area (Å²) >= 11 is 0. The van der Waals surface area contributed by atoms with Crippen LogP contribution >= 0.6 is 41.3 Å². The van der Waals surface area contributed by atoms with Crippen LogP contribution in [0.1, 0.15) is 32.1 Å². The summed E-state index contributed by atoms with van der Waals surface area (Å²) in [7, 11) is -14.4. The zero-order valence-corrected chi connectivity index (χ0v) is 16.8. The van der Waals surface area contributed by atoms with Gasteiger partial charge in [0.1, 0.15) is 0 Å². The van der Waals surface area contributed by atoms with Crippen molar-refractivity contribution < 1.29 is 71.8 Å². The third kappa shape index (κ3) is 453. The molecule has 0 unspecified atom stereocenters. The molecule has 25 heavy (non-hydrogen) atoms. The molecule has 1 aliphatic rings. The van der Waals surface area contributed by atoms with Gasteiger partial charge in [0.2, 0.25) is 0 Å². The lowest BCUT2D eigenvalue weighted by Crippen LogP contribution is -1.47. The second-order valence-electron chi connectivity index (χ2n) is 3.03. The molecule has 1 rings (SSSR count). The largest absolute Gasteiger partial charge is 0.692 e. The van der Waals surface area contributed by atoms with Crippen molar-refractivity contribution in [3.8, 4) is 0 Å². The number of hydrogen-bond donors (Lipinski definition) is 10. The summed E-state index contributed by atoms with van der Waals surface area (Å²) in [6, 6.07) is 0. The number of hydrogen-bond acceptors (Lipinski definition) is 5. The molecular weight excluding hydrogens is 455 g/mol. The molecule has 0 aromatic heterocycles. The lowest BCUT2D eigenvalue weighted by molar-refractivity contribution is 0.403. The highest BCUT2D eigenvalue weighted by Gasteiger charge is 1.95. The van der Waals surface area contributed by atoms with E-state index in [1.165, 1.54) is 32.1 Å². The van der Waals surface area contributed by atoms with E-state index in [0.717, 1.165) is 0 Å². The molecule has 10 N–H and O–H groups in total. The third-order valence-electron chi connectivity index (χ3n) is 1.25. The van der Waals surface area contributed by atoms with Gasteiger partial charge < -0.3 is 0 Å². The van der Waals surface area contributed by atoms with Crippen LogP contribution in [-0.4, -0.2) is 48.9 Å². The molecule has 0 aliphatic heterocycles. The molecule has 1 saturated carbocycles. The normalized spacial score (nSPS) is 10.0. The highest BCUT2D eigenvalue weighted by atomic mass is 31.1. The van der Waals surface area contributed by atoms with Gasteiger partial charge in [-0.1, -0.05) is 32.1 Å². The van der Waals surface area contributed by atoms with Gasteiger partial charge in [-0.25, -0.2) is 0 Å². The van der Waals surface area contributed by atoms with Crippen LogP contribution < -0.4 is 0 Å². The molecule has 0 aromatic rings. The Hall–Kier alpha value is 0.1000. The van der Waals surface area contributed by atoms with Crippen LogP contribution in [0, 0.1) is 0 Å². The van der Waals surface area contributed by atoms with Crippen molar-refractivity contribution in [2.24, 2.45) is 0 Å². The van der Waals surface area contributed by atoms with E-state index in [0.29, 0.717) is 0 Å². The Kier molecular flexibility index (Phi) is 45.9. The second kappa shape index (κ2) is 31.8. The second-order valence-corrected chi connectivity index (χ2v) is 5.56. The summed E-state index contributed by atoms with van der Waals surface area (Å²) in [6.45, 7) is 0. The van der Waals surface area contributed by atoms with E-state index in [-0.39, 0.29) is 0 Å². The summed E-state index contributed by atoms with van der Waals surface area (Å²) in [5.41, 5.74) is 0. The first kappa shape index (κ1) is 36.1. The van der Waals surface area contributed by atoms with Gasteiger partial charge in [-0.15, -0.1) is 48.9 Å². The minimum atomic E-state index is -2.87. The van der Waals surface area contributed by atoms with Crippen molar-refractivity contribution in [3.05, 3.63) is 0 Å².